The number of hydrogen-bond acceptors (Lipinski definition) is 1. The van der Waals surface area contributed by atoms with Crippen molar-refractivity contribution in [3.8, 4) is 0 Å². The van der Waals surface area contributed by atoms with Gasteiger partial charge in [-0.1, -0.05) is 40.5 Å². The third-order valence-electron chi connectivity index (χ3n) is 5.20. The summed E-state index contributed by atoms with van der Waals surface area (Å²) in [6, 6.07) is 0.560. The number of amides is 1. The molecule has 2 fully saturated rings. The van der Waals surface area contributed by atoms with E-state index >= 15 is 0 Å². The van der Waals surface area contributed by atoms with Gasteiger partial charge in [0.05, 0.1) is 0 Å². The zero-order chi connectivity index (χ0) is 13.3. The van der Waals surface area contributed by atoms with Gasteiger partial charge in [-0.3, -0.25) is 4.79 Å². The van der Waals surface area contributed by atoms with Crippen molar-refractivity contribution >= 4 is 5.91 Å². The molecule has 3 atom stereocenters. The minimum absolute atomic E-state index is 0.0820. The van der Waals surface area contributed by atoms with Crippen LogP contribution in [0.1, 0.15) is 66.2 Å². The number of rotatable bonds is 1. The summed E-state index contributed by atoms with van der Waals surface area (Å²) in [4.78, 5) is 15.0. The van der Waals surface area contributed by atoms with Crippen molar-refractivity contribution in [1.29, 1.82) is 0 Å². The number of hydrogen-bond donors (Lipinski definition) is 0. The second-order valence-electron chi connectivity index (χ2n) is 7.37. The SMILES string of the molecule is CC(C(=O)N1CCCC2CCCCC21)C(C)(C)C. The lowest BCUT2D eigenvalue weighted by Crippen LogP contribution is -2.52. The first-order valence-corrected chi connectivity index (χ1v) is 7.71. The van der Waals surface area contributed by atoms with Crippen molar-refractivity contribution in [1.82, 2.24) is 4.90 Å². The van der Waals surface area contributed by atoms with Crippen LogP contribution in [-0.2, 0) is 4.79 Å². The quantitative estimate of drug-likeness (QED) is 0.693. The summed E-state index contributed by atoms with van der Waals surface area (Å²) in [7, 11) is 0. The molecule has 0 radical (unpaired) electrons. The summed E-state index contributed by atoms with van der Waals surface area (Å²) in [6.45, 7) is 9.64. The van der Waals surface area contributed by atoms with Gasteiger partial charge in [0.25, 0.3) is 0 Å². The smallest absolute Gasteiger partial charge is 0.226 e. The predicted octanol–water partition coefficient (Wildman–Crippen LogP) is 3.85. The largest absolute Gasteiger partial charge is 0.339 e. The molecule has 1 aliphatic heterocycles. The van der Waals surface area contributed by atoms with Gasteiger partial charge in [0.2, 0.25) is 5.91 Å². The summed E-state index contributed by atoms with van der Waals surface area (Å²) < 4.78 is 0. The Hall–Kier alpha value is -0.530. The van der Waals surface area contributed by atoms with E-state index in [1.165, 1.54) is 38.5 Å². The molecule has 1 saturated carbocycles. The molecule has 2 heteroatoms. The first kappa shape index (κ1) is 13.9. The maximum atomic E-state index is 12.7. The van der Waals surface area contributed by atoms with E-state index in [0.717, 1.165) is 12.5 Å². The van der Waals surface area contributed by atoms with Gasteiger partial charge in [0.1, 0.15) is 0 Å². The molecule has 1 aliphatic carbocycles. The molecule has 104 valence electrons. The van der Waals surface area contributed by atoms with E-state index in [1.54, 1.807) is 0 Å². The minimum Gasteiger partial charge on any atom is -0.339 e. The Morgan fingerprint density at radius 2 is 1.72 bits per heavy atom. The normalized spacial score (nSPS) is 30.8. The molecular weight excluding hydrogens is 222 g/mol. The lowest BCUT2D eigenvalue weighted by Gasteiger charge is -2.46. The molecule has 2 nitrogen and oxygen atoms in total. The fourth-order valence-corrected chi connectivity index (χ4v) is 3.52. The van der Waals surface area contributed by atoms with Crippen LogP contribution >= 0.6 is 0 Å². The molecule has 0 N–H and O–H groups in total. The van der Waals surface area contributed by atoms with Gasteiger partial charge in [0, 0.05) is 18.5 Å². The molecule has 1 saturated heterocycles. The summed E-state index contributed by atoms with van der Waals surface area (Å²) in [5.74, 6) is 1.33. The number of carbonyl (C=O) groups excluding carboxylic acids is 1. The van der Waals surface area contributed by atoms with E-state index in [1.807, 2.05) is 0 Å². The van der Waals surface area contributed by atoms with E-state index in [4.69, 9.17) is 0 Å². The fraction of sp³-hybridized carbons (Fsp3) is 0.938. The van der Waals surface area contributed by atoms with E-state index < -0.39 is 0 Å². The van der Waals surface area contributed by atoms with Crippen LogP contribution in [0.5, 0.6) is 0 Å². The Balaban J connectivity index is 2.09. The zero-order valence-electron chi connectivity index (χ0n) is 12.5. The van der Waals surface area contributed by atoms with Gasteiger partial charge in [0.15, 0.2) is 0 Å². The van der Waals surface area contributed by atoms with Crippen molar-refractivity contribution < 1.29 is 4.79 Å². The highest BCUT2D eigenvalue weighted by molar-refractivity contribution is 5.79. The van der Waals surface area contributed by atoms with Crippen molar-refractivity contribution in [2.75, 3.05) is 6.54 Å². The van der Waals surface area contributed by atoms with Gasteiger partial charge in [-0.2, -0.15) is 0 Å². The lowest BCUT2D eigenvalue weighted by atomic mass is 9.76. The summed E-state index contributed by atoms with van der Waals surface area (Å²) in [6.07, 6.45) is 7.83. The van der Waals surface area contributed by atoms with Crippen LogP contribution in [0.2, 0.25) is 0 Å². The van der Waals surface area contributed by atoms with Crippen LogP contribution in [0.15, 0.2) is 0 Å². The standard InChI is InChI=1S/C16H29NO/c1-12(16(2,3)4)15(18)17-11-7-9-13-8-5-6-10-14(13)17/h12-14H,5-11H2,1-4H3. The molecule has 1 heterocycles. The van der Waals surface area contributed by atoms with E-state index in [9.17, 15) is 4.79 Å². The Bertz CT molecular complexity index is 303. The second kappa shape index (κ2) is 5.22. The molecule has 0 bridgehead atoms. The van der Waals surface area contributed by atoms with Crippen LogP contribution < -0.4 is 0 Å². The van der Waals surface area contributed by atoms with Gasteiger partial charge in [-0.15, -0.1) is 0 Å². The van der Waals surface area contributed by atoms with E-state index in [0.29, 0.717) is 11.9 Å². The molecule has 2 rings (SSSR count). The summed E-state index contributed by atoms with van der Waals surface area (Å²) >= 11 is 0. The van der Waals surface area contributed by atoms with Crippen molar-refractivity contribution in [2.24, 2.45) is 17.3 Å². The van der Waals surface area contributed by atoms with Crippen LogP contribution in [-0.4, -0.2) is 23.4 Å². The topological polar surface area (TPSA) is 20.3 Å². The first-order chi connectivity index (χ1) is 8.41. The van der Waals surface area contributed by atoms with Gasteiger partial charge in [-0.05, 0) is 37.0 Å². The average Bonchev–Trinajstić information content (AvgIpc) is 2.35. The highest BCUT2D eigenvalue weighted by Gasteiger charge is 2.39. The van der Waals surface area contributed by atoms with Crippen LogP contribution in [0.3, 0.4) is 0 Å². The number of carbonyl (C=O) groups is 1. The molecule has 0 aromatic rings. The Labute approximate surface area is 112 Å². The van der Waals surface area contributed by atoms with Crippen LogP contribution in [0.25, 0.3) is 0 Å². The third-order valence-corrected chi connectivity index (χ3v) is 5.20. The Morgan fingerprint density at radius 3 is 2.39 bits per heavy atom. The maximum Gasteiger partial charge on any atom is 0.226 e. The molecule has 0 aromatic carbocycles. The molecule has 2 aliphatic rings. The van der Waals surface area contributed by atoms with E-state index in [-0.39, 0.29) is 11.3 Å². The number of nitrogens with zero attached hydrogens (tertiary/aromatic N) is 1. The third kappa shape index (κ3) is 2.73. The molecule has 1 amide bonds. The number of likely N-dealkylation sites (tertiary alicyclic amines) is 1. The van der Waals surface area contributed by atoms with Crippen molar-refractivity contribution in [3.63, 3.8) is 0 Å². The Kier molecular flexibility index (Phi) is 4.03. The summed E-state index contributed by atoms with van der Waals surface area (Å²) in [5, 5.41) is 0. The van der Waals surface area contributed by atoms with Crippen LogP contribution in [0, 0.1) is 17.3 Å². The molecule has 0 aromatic heterocycles. The highest BCUT2D eigenvalue weighted by Crippen LogP contribution is 2.37. The first-order valence-electron chi connectivity index (χ1n) is 7.71. The molecule has 3 unspecified atom stereocenters. The Morgan fingerprint density at radius 1 is 1.11 bits per heavy atom. The van der Waals surface area contributed by atoms with Crippen molar-refractivity contribution in [2.45, 2.75) is 72.3 Å². The average molecular weight is 251 g/mol. The molecule has 0 spiro atoms. The summed E-state index contributed by atoms with van der Waals surface area (Å²) in [5.41, 5.74) is 0.0820. The zero-order valence-corrected chi connectivity index (χ0v) is 12.5. The van der Waals surface area contributed by atoms with Crippen LogP contribution in [0.4, 0.5) is 0 Å². The fourth-order valence-electron chi connectivity index (χ4n) is 3.52. The lowest BCUT2D eigenvalue weighted by molar-refractivity contribution is -0.144. The number of fused-ring (bicyclic) bond motifs is 1. The predicted molar refractivity (Wildman–Crippen MR) is 75.3 cm³/mol. The highest BCUT2D eigenvalue weighted by atomic mass is 16.2. The van der Waals surface area contributed by atoms with Gasteiger partial charge >= 0.3 is 0 Å². The van der Waals surface area contributed by atoms with Crippen molar-refractivity contribution in [3.05, 3.63) is 0 Å². The van der Waals surface area contributed by atoms with Gasteiger partial charge < -0.3 is 4.90 Å². The maximum absolute atomic E-state index is 12.7. The monoisotopic (exact) mass is 251 g/mol. The minimum atomic E-state index is 0.0820. The van der Waals surface area contributed by atoms with Gasteiger partial charge in [-0.25, -0.2) is 0 Å². The molecular formula is C16H29NO. The van der Waals surface area contributed by atoms with E-state index in [2.05, 4.69) is 32.6 Å². The second-order valence-corrected chi connectivity index (χ2v) is 7.37. The molecule has 18 heavy (non-hydrogen) atoms. The number of piperidine rings is 1.